The van der Waals surface area contributed by atoms with Crippen LogP contribution in [0.1, 0.15) is 12.8 Å². The molecule has 19 heavy (non-hydrogen) atoms. The van der Waals surface area contributed by atoms with Gasteiger partial charge in [0.25, 0.3) is 5.91 Å². The van der Waals surface area contributed by atoms with Gasteiger partial charge >= 0.3 is 0 Å². The van der Waals surface area contributed by atoms with Crippen molar-refractivity contribution >= 4 is 17.5 Å². The second kappa shape index (κ2) is 7.36. The molecule has 5 heteroatoms. The largest absolute Gasteiger partial charge is 0.484 e. The molecule has 1 aliphatic rings. The highest BCUT2D eigenvalue weighted by Gasteiger charge is 2.14. The quantitative estimate of drug-likeness (QED) is 0.902. The molecule has 0 radical (unpaired) electrons. The maximum Gasteiger partial charge on any atom is 0.257 e. The SMILES string of the molecule is O=C(COc1ccc(Cl)cc1)NCC1CCOCC1. The van der Waals surface area contributed by atoms with Crippen molar-refractivity contribution in [2.24, 2.45) is 5.92 Å². The Balaban J connectivity index is 1.65. The number of halogens is 1. The Morgan fingerprint density at radius 2 is 2.00 bits per heavy atom. The van der Waals surface area contributed by atoms with Crippen molar-refractivity contribution in [3.63, 3.8) is 0 Å². The summed E-state index contributed by atoms with van der Waals surface area (Å²) in [5.41, 5.74) is 0. The maximum absolute atomic E-state index is 11.6. The first kappa shape index (κ1) is 14.2. The highest BCUT2D eigenvalue weighted by atomic mass is 35.5. The van der Waals surface area contributed by atoms with E-state index in [9.17, 15) is 4.79 Å². The molecule has 1 fully saturated rings. The number of hydrogen-bond donors (Lipinski definition) is 1. The highest BCUT2D eigenvalue weighted by molar-refractivity contribution is 6.30. The third kappa shape index (κ3) is 5.09. The Morgan fingerprint density at radius 1 is 1.32 bits per heavy atom. The molecule has 1 aromatic carbocycles. The van der Waals surface area contributed by atoms with Crippen LogP contribution >= 0.6 is 11.6 Å². The van der Waals surface area contributed by atoms with Crippen molar-refractivity contribution < 1.29 is 14.3 Å². The van der Waals surface area contributed by atoms with Gasteiger partial charge in [-0.05, 0) is 43.0 Å². The predicted octanol–water partition coefficient (Wildman–Crippen LogP) is 2.26. The minimum atomic E-state index is -0.0959. The van der Waals surface area contributed by atoms with Gasteiger partial charge < -0.3 is 14.8 Å². The van der Waals surface area contributed by atoms with Crippen LogP contribution in [0.3, 0.4) is 0 Å². The molecule has 0 spiro atoms. The predicted molar refractivity (Wildman–Crippen MR) is 73.5 cm³/mol. The number of carbonyl (C=O) groups excluding carboxylic acids is 1. The summed E-state index contributed by atoms with van der Waals surface area (Å²) in [6.07, 6.45) is 2.02. The number of ether oxygens (including phenoxy) is 2. The van der Waals surface area contributed by atoms with E-state index in [0.29, 0.717) is 23.2 Å². The standard InChI is InChI=1S/C14H18ClNO3/c15-12-1-3-13(4-2-12)19-10-14(17)16-9-11-5-7-18-8-6-11/h1-4,11H,5-10H2,(H,16,17). The zero-order valence-corrected chi connectivity index (χ0v) is 11.5. The van der Waals surface area contributed by atoms with Gasteiger partial charge in [0.1, 0.15) is 5.75 Å². The zero-order valence-electron chi connectivity index (χ0n) is 10.7. The van der Waals surface area contributed by atoms with Gasteiger partial charge in [-0.1, -0.05) is 11.6 Å². The normalized spacial score (nSPS) is 16.1. The van der Waals surface area contributed by atoms with Gasteiger partial charge in [-0.25, -0.2) is 0 Å². The summed E-state index contributed by atoms with van der Waals surface area (Å²) in [5, 5.41) is 3.54. The number of amides is 1. The van der Waals surface area contributed by atoms with Crippen molar-refractivity contribution in [3.8, 4) is 5.75 Å². The molecule has 2 rings (SSSR count). The Kier molecular flexibility index (Phi) is 5.48. The molecule has 1 N–H and O–H groups in total. The fraction of sp³-hybridized carbons (Fsp3) is 0.500. The molecule has 0 bridgehead atoms. The van der Waals surface area contributed by atoms with E-state index in [1.807, 2.05) is 0 Å². The summed E-state index contributed by atoms with van der Waals surface area (Å²) in [7, 11) is 0. The van der Waals surface area contributed by atoms with Crippen LogP contribution in [0.2, 0.25) is 5.02 Å². The van der Waals surface area contributed by atoms with E-state index in [1.54, 1.807) is 24.3 Å². The number of rotatable bonds is 5. The summed E-state index contributed by atoms with van der Waals surface area (Å²) in [6, 6.07) is 6.95. The van der Waals surface area contributed by atoms with Crippen molar-refractivity contribution in [1.82, 2.24) is 5.32 Å². The molecule has 1 heterocycles. The van der Waals surface area contributed by atoms with E-state index >= 15 is 0 Å². The third-order valence-electron chi connectivity index (χ3n) is 3.11. The summed E-state index contributed by atoms with van der Waals surface area (Å²) in [6.45, 7) is 2.32. The van der Waals surface area contributed by atoms with Crippen LogP contribution in [0.5, 0.6) is 5.75 Å². The molecule has 0 aromatic heterocycles. The van der Waals surface area contributed by atoms with Gasteiger partial charge in [0.2, 0.25) is 0 Å². The van der Waals surface area contributed by atoms with Crippen LogP contribution in [-0.4, -0.2) is 32.3 Å². The lowest BCUT2D eigenvalue weighted by Crippen LogP contribution is -2.35. The van der Waals surface area contributed by atoms with Gasteiger partial charge in [-0.2, -0.15) is 0 Å². The molecular formula is C14H18ClNO3. The molecule has 1 aliphatic heterocycles. The first-order valence-corrected chi connectivity index (χ1v) is 6.84. The topological polar surface area (TPSA) is 47.6 Å². The first-order chi connectivity index (χ1) is 9.24. The van der Waals surface area contributed by atoms with E-state index < -0.39 is 0 Å². The van der Waals surface area contributed by atoms with Crippen LogP contribution in [0.15, 0.2) is 24.3 Å². The molecule has 1 aromatic rings. The highest BCUT2D eigenvalue weighted by Crippen LogP contribution is 2.15. The molecule has 0 unspecified atom stereocenters. The fourth-order valence-electron chi connectivity index (χ4n) is 1.94. The van der Waals surface area contributed by atoms with Crippen molar-refractivity contribution in [2.45, 2.75) is 12.8 Å². The van der Waals surface area contributed by atoms with E-state index in [-0.39, 0.29) is 12.5 Å². The second-order valence-electron chi connectivity index (χ2n) is 4.60. The fourth-order valence-corrected chi connectivity index (χ4v) is 2.07. The molecule has 104 valence electrons. The summed E-state index contributed by atoms with van der Waals surface area (Å²) < 4.78 is 10.6. The van der Waals surface area contributed by atoms with Gasteiger partial charge in [0.05, 0.1) is 0 Å². The van der Waals surface area contributed by atoms with Crippen LogP contribution in [-0.2, 0) is 9.53 Å². The summed E-state index contributed by atoms with van der Waals surface area (Å²) in [4.78, 5) is 11.6. The number of hydrogen-bond acceptors (Lipinski definition) is 3. The van der Waals surface area contributed by atoms with Crippen molar-refractivity contribution in [2.75, 3.05) is 26.4 Å². The average Bonchev–Trinajstić information content (AvgIpc) is 2.45. The summed E-state index contributed by atoms with van der Waals surface area (Å²) in [5.74, 6) is 1.07. The van der Waals surface area contributed by atoms with Gasteiger partial charge in [0, 0.05) is 24.8 Å². The lowest BCUT2D eigenvalue weighted by molar-refractivity contribution is -0.123. The Morgan fingerprint density at radius 3 is 2.68 bits per heavy atom. The van der Waals surface area contributed by atoms with Crippen molar-refractivity contribution in [3.05, 3.63) is 29.3 Å². The van der Waals surface area contributed by atoms with Crippen LogP contribution in [0.25, 0.3) is 0 Å². The van der Waals surface area contributed by atoms with E-state index in [2.05, 4.69) is 5.32 Å². The Labute approximate surface area is 118 Å². The molecule has 4 nitrogen and oxygen atoms in total. The second-order valence-corrected chi connectivity index (χ2v) is 5.04. The minimum Gasteiger partial charge on any atom is -0.484 e. The van der Waals surface area contributed by atoms with E-state index in [0.717, 1.165) is 26.1 Å². The van der Waals surface area contributed by atoms with Crippen LogP contribution < -0.4 is 10.1 Å². The number of carbonyl (C=O) groups is 1. The van der Waals surface area contributed by atoms with Crippen LogP contribution in [0.4, 0.5) is 0 Å². The molecule has 0 atom stereocenters. The average molecular weight is 284 g/mol. The Bertz CT molecular complexity index is 402. The van der Waals surface area contributed by atoms with Gasteiger partial charge in [-0.3, -0.25) is 4.79 Å². The van der Waals surface area contributed by atoms with Crippen molar-refractivity contribution in [1.29, 1.82) is 0 Å². The molecule has 0 saturated carbocycles. The molecular weight excluding hydrogens is 266 g/mol. The smallest absolute Gasteiger partial charge is 0.257 e. The van der Waals surface area contributed by atoms with E-state index in [1.165, 1.54) is 0 Å². The number of nitrogens with one attached hydrogen (secondary N) is 1. The van der Waals surface area contributed by atoms with E-state index in [4.69, 9.17) is 21.1 Å². The molecule has 1 amide bonds. The molecule has 1 saturated heterocycles. The maximum atomic E-state index is 11.6. The lowest BCUT2D eigenvalue weighted by Gasteiger charge is -2.22. The minimum absolute atomic E-state index is 0.0326. The zero-order chi connectivity index (χ0) is 13.5. The third-order valence-corrected chi connectivity index (χ3v) is 3.36. The van der Waals surface area contributed by atoms with Crippen LogP contribution in [0, 0.1) is 5.92 Å². The Hall–Kier alpha value is -1.26. The number of benzene rings is 1. The molecule has 0 aliphatic carbocycles. The van der Waals surface area contributed by atoms with Gasteiger partial charge in [0.15, 0.2) is 6.61 Å². The first-order valence-electron chi connectivity index (χ1n) is 6.47. The monoisotopic (exact) mass is 283 g/mol. The van der Waals surface area contributed by atoms with Gasteiger partial charge in [-0.15, -0.1) is 0 Å². The lowest BCUT2D eigenvalue weighted by atomic mass is 10.0. The summed E-state index contributed by atoms with van der Waals surface area (Å²) >= 11 is 5.77.